The first-order valence-electron chi connectivity index (χ1n) is 8.79. The molecule has 0 spiro atoms. The molecule has 3 nitrogen and oxygen atoms in total. The Morgan fingerprint density at radius 2 is 1.82 bits per heavy atom. The molecular weight excluding hydrogens is 292 g/mol. The van der Waals surface area contributed by atoms with Gasteiger partial charge < -0.3 is 4.90 Å². The van der Waals surface area contributed by atoms with E-state index >= 15 is 0 Å². The van der Waals surface area contributed by atoms with E-state index in [2.05, 4.69) is 25.7 Å². The molecule has 3 rings (SSSR count). The molecule has 2 heterocycles. The summed E-state index contributed by atoms with van der Waals surface area (Å²) in [4.78, 5) is 20.9. The van der Waals surface area contributed by atoms with Gasteiger partial charge in [-0.25, -0.2) is 4.98 Å². The third-order valence-corrected chi connectivity index (χ3v) is 6.93. The minimum atomic E-state index is 0.225. The van der Waals surface area contributed by atoms with E-state index in [0.717, 1.165) is 25.9 Å². The summed E-state index contributed by atoms with van der Waals surface area (Å²) in [6, 6.07) is 0. The van der Waals surface area contributed by atoms with E-state index in [0.29, 0.717) is 17.7 Å². The fourth-order valence-electron chi connectivity index (χ4n) is 3.97. The van der Waals surface area contributed by atoms with Gasteiger partial charge in [0.25, 0.3) is 0 Å². The molecule has 4 heteroatoms. The molecule has 1 aliphatic heterocycles. The lowest BCUT2D eigenvalue weighted by Gasteiger charge is -2.34. The number of likely N-dealkylation sites (tertiary alicyclic amines) is 1. The molecule has 2 aliphatic rings. The number of hydrogen-bond donors (Lipinski definition) is 0. The molecule has 1 saturated carbocycles. The van der Waals surface area contributed by atoms with Crippen LogP contribution in [0.2, 0.25) is 0 Å². The molecule has 2 fully saturated rings. The molecule has 1 amide bonds. The average molecular weight is 321 g/mol. The van der Waals surface area contributed by atoms with Gasteiger partial charge in [-0.2, -0.15) is 0 Å². The number of hydrogen-bond acceptors (Lipinski definition) is 3. The van der Waals surface area contributed by atoms with Gasteiger partial charge in [-0.3, -0.25) is 4.79 Å². The van der Waals surface area contributed by atoms with E-state index in [1.54, 1.807) is 0 Å². The Morgan fingerprint density at radius 3 is 2.36 bits per heavy atom. The summed E-state index contributed by atoms with van der Waals surface area (Å²) in [5.41, 5.74) is 1.17. The zero-order valence-corrected chi connectivity index (χ0v) is 14.9. The first-order valence-corrected chi connectivity index (χ1v) is 9.60. The van der Waals surface area contributed by atoms with Crippen molar-refractivity contribution in [3.63, 3.8) is 0 Å². The molecule has 1 aromatic heterocycles. The molecule has 0 aromatic carbocycles. The lowest BCUT2D eigenvalue weighted by Crippen LogP contribution is -2.42. The number of aryl methyl sites for hydroxylation is 2. The normalized spacial score (nSPS) is 22.2. The van der Waals surface area contributed by atoms with Crippen molar-refractivity contribution in [3.05, 3.63) is 15.6 Å². The largest absolute Gasteiger partial charge is 0.342 e. The quantitative estimate of drug-likeness (QED) is 0.832. The smallest absolute Gasteiger partial charge is 0.225 e. The van der Waals surface area contributed by atoms with Crippen molar-refractivity contribution in [2.75, 3.05) is 13.1 Å². The maximum absolute atomic E-state index is 12.7. The van der Waals surface area contributed by atoms with E-state index in [1.165, 1.54) is 41.3 Å². The number of rotatable bonds is 3. The van der Waals surface area contributed by atoms with E-state index in [-0.39, 0.29) is 5.92 Å². The van der Waals surface area contributed by atoms with Crippen molar-refractivity contribution >= 4 is 17.2 Å². The van der Waals surface area contributed by atoms with Crippen LogP contribution >= 0.6 is 11.3 Å². The van der Waals surface area contributed by atoms with Crippen LogP contribution in [0.3, 0.4) is 0 Å². The lowest BCUT2D eigenvalue weighted by atomic mass is 9.89. The van der Waals surface area contributed by atoms with Crippen molar-refractivity contribution in [1.82, 2.24) is 9.88 Å². The zero-order valence-electron chi connectivity index (χ0n) is 14.1. The topological polar surface area (TPSA) is 33.2 Å². The second-order valence-corrected chi connectivity index (χ2v) is 8.36. The number of carbonyl (C=O) groups is 1. The van der Waals surface area contributed by atoms with Gasteiger partial charge in [0, 0.05) is 29.8 Å². The van der Waals surface area contributed by atoms with Gasteiger partial charge in [0.1, 0.15) is 0 Å². The molecule has 0 bridgehead atoms. The Hall–Kier alpha value is -0.900. The van der Waals surface area contributed by atoms with Gasteiger partial charge in [-0.1, -0.05) is 19.8 Å². The van der Waals surface area contributed by atoms with Gasteiger partial charge in [0.15, 0.2) is 0 Å². The predicted octanol–water partition coefficient (Wildman–Crippen LogP) is 4.29. The average Bonchev–Trinajstić information content (AvgIpc) is 3.17. The Bertz CT molecular complexity index is 506. The second kappa shape index (κ2) is 6.69. The Balaban J connectivity index is 1.55. The molecule has 1 atom stereocenters. The highest BCUT2D eigenvalue weighted by molar-refractivity contribution is 7.11. The van der Waals surface area contributed by atoms with E-state index < -0.39 is 0 Å². The highest BCUT2D eigenvalue weighted by atomic mass is 32.1. The number of amides is 1. The van der Waals surface area contributed by atoms with Crippen molar-refractivity contribution in [2.24, 2.45) is 11.8 Å². The number of aromatic nitrogens is 1. The standard InChI is InChI=1S/C18H28N2OS/c1-12(15-6-4-5-7-15)18(21)20-10-8-16(9-11-20)17-19-13(2)14(3)22-17/h12,15-16H,4-11H2,1-3H3. The Kier molecular flexibility index (Phi) is 4.86. The highest BCUT2D eigenvalue weighted by Crippen LogP contribution is 2.35. The maximum atomic E-state index is 12.7. The number of piperidine rings is 1. The van der Waals surface area contributed by atoms with Crippen LogP contribution in [0.4, 0.5) is 0 Å². The third-order valence-electron chi connectivity index (χ3n) is 5.70. The van der Waals surface area contributed by atoms with Crippen molar-refractivity contribution in [2.45, 2.75) is 65.2 Å². The van der Waals surface area contributed by atoms with Crippen LogP contribution in [-0.4, -0.2) is 28.9 Å². The summed E-state index contributed by atoms with van der Waals surface area (Å²) in [7, 11) is 0. The van der Waals surface area contributed by atoms with Crippen LogP contribution in [0.15, 0.2) is 0 Å². The number of thiazole rings is 1. The minimum absolute atomic E-state index is 0.225. The molecule has 1 aliphatic carbocycles. The fourth-order valence-corrected chi connectivity index (χ4v) is 5.06. The fraction of sp³-hybridized carbons (Fsp3) is 0.778. The summed E-state index contributed by atoms with van der Waals surface area (Å²) in [5, 5.41) is 1.28. The molecule has 1 unspecified atom stereocenters. The molecule has 122 valence electrons. The van der Waals surface area contributed by atoms with Crippen LogP contribution in [0.5, 0.6) is 0 Å². The summed E-state index contributed by atoms with van der Waals surface area (Å²) in [6.07, 6.45) is 7.29. The second-order valence-electron chi connectivity index (χ2n) is 7.13. The predicted molar refractivity (Wildman–Crippen MR) is 91.3 cm³/mol. The SMILES string of the molecule is Cc1nc(C2CCN(C(=O)C(C)C3CCCC3)CC2)sc1C. The summed E-state index contributed by atoms with van der Waals surface area (Å²) in [6.45, 7) is 8.23. The van der Waals surface area contributed by atoms with Crippen molar-refractivity contribution in [1.29, 1.82) is 0 Å². The van der Waals surface area contributed by atoms with Gasteiger partial charge in [0.2, 0.25) is 5.91 Å². The van der Waals surface area contributed by atoms with Gasteiger partial charge >= 0.3 is 0 Å². The number of carbonyl (C=O) groups excluding carboxylic acids is 1. The maximum Gasteiger partial charge on any atom is 0.225 e. The first kappa shape index (κ1) is 16.0. The Labute approximate surface area is 138 Å². The molecular formula is C18H28N2OS. The van der Waals surface area contributed by atoms with Crippen LogP contribution in [-0.2, 0) is 4.79 Å². The van der Waals surface area contributed by atoms with E-state index in [4.69, 9.17) is 4.98 Å². The van der Waals surface area contributed by atoms with E-state index in [9.17, 15) is 4.79 Å². The van der Waals surface area contributed by atoms with E-state index in [1.807, 2.05) is 11.3 Å². The third kappa shape index (κ3) is 3.22. The first-order chi connectivity index (χ1) is 10.6. The van der Waals surface area contributed by atoms with Gasteiger partial charge in [0.05, 0.1) is 10.7 Å². The number of nitrogens with zero attached hydrogens (tertiary/aromatic N) is 2. The van der Waals surface area contributed by atoms with Gasteiger partial charge in [-0.15, -0.1) is 11.3 Å². The monoisotopic (exact) mass is 320 g/mol. The molecule has 0 radical (unpaired) electrons. The molecule has 1 aromatic rings. The van der Waals surface area contributed by atoms with Crippen LogP contribution in [0.25, 0.3) is 0 Å². The summed E-state index contributed by atoms with van der Waals surface area (Å²) < 4.78 is 0. The van der Waals surface area contributed by atoms with Crippen molar-refractivity contribution in [3.8, 4) is 0 Å². The van der Waals surface area contributed by atoms with Gasteiger partial charge in [-0.05, 0) is 45.4 Å². The van der Waals surface area contributed by atoms with Crippen LogP contribution in [0.1, 0.15) is 66.9 Å². The molecule has 1 saturated heterocycles. The van der Waals surface area contributed by atoms with Crippen LogP contribution < -0.4 is 0 Å². The molecule has 0 N–H and O–H groups in total. The summed E-state index contributed by atoms with van der Waals surface area (Å²) >= 11 is 1.84. The highest BCUT2D eigenvalue weighted by Gasteiger charge is 2.32. The van der Waals surface area contributed by atoms with Crippen molar-refractivity contribution < 1.29 is 4.79 Å². The minimum Gasteiger partial charge on any atom is -0.342 e. The molecule has 22 heavy (non-hydrogen) atoms. The van der Waals surface area contributed by atoms with Crippen LogP contribution in [0, 0.1) is 25.7 Å². The summed E-state index contributed by atoms with van der Waals surface area (Å²) in [5.74, 6) is 1.82. The zero-order chi connectivity index (χ0) is 15.7. The Morgan fingerprint density at radius 1 is 1.18 bits per heavy atom. The lowest BCUT2D eigenvalue weighted by molar-refractivity contribution is -0.137.